The molecule has 0 saturated carbocycles. The van der Waals surface area contributed by atoms with E-state index in [1.807, 2.05) is 17.9 Å². The van der Waals surface area contributed by atoms with Gasteiger partial charge in [-0.25, -0.2) is 13.3 Å². The maximum absolute atomic E-state index is 13.1. The highest BCUT2D eigenvalue weighted by Crippen LogP contribution is 2.28. The van der Waals surface area contributed by atoms with Crippen molar-refractivity contribution in [2.75, 3.05) is 31.1 Å². The van der Waals surface area contributed by atoms with E-state index >= 15 is 0 Å². The standard InChI is InChI=1S/C24H27N3O5S/c1-16-4-9-22(17(2)14-16)33(31,32)26-12-10-25(11-13-26)21-15-23(29)27(24(21)30)20-7-5-19(6-8-20)18(3)28/h4-9,14,21H,10-13,15H2,1-3H3/t21-/m1/s1. The molecule has 2 aliphatic rings. The van der Waals surface area contributed by atoms with E-state index in [9.17, 15) is 22.8 Å². The van der Waals surface area contributed by atoms with Gasteiger partial charge in [0, 0.05) is 31.7 Å². The summed E-state index contributed by atoms with van der Waals surface area (Å²) in [5.74, 6) is -0.709. The van der Waals surface area contributed by atoms with Gasteiger partial charge in [-0.3, -0.25) is 19.3 Å². The van der Waals surface area contributed by atoms with Crippen LogP contribution in [-0.2, 0) is 19.6 Å². The van der Waals surface area contributed by atoms with Crippen LogP contribution >= 0.6 is 0 Å². The van der Waals surface area contributed by atoms with E-state index in [0.29, 0.717) is 34.8 Å². The van der Waals surface area contributed by atoms with Crippen LogP contribution in [0.25, 0.3) is 0 Å². The van der Waals surface area contributed by atoms with Crippen molar-refractivity contribution in [3.8, 4) is 0 Å². The van der Waals surface area contributed by atoms with Crippen molar-refractivity contribution in [2.24, 2.45) is 0 Å². The van der Waals surface area contributed by atoms with Crippen molar-refractivity contribution in [3.63, 3.8) is 0 Å². The number of anilines is 1. The third kappa shape index (κ3) is 4.36. The molecule has 0 radical (unpaired) electrons. The number of piperazine rings is 1. The summed E-state index contributed by atoms with van der Waals surface area (Å²) >= 11 is 0. The summed E-state index contributed by atoms with van der Waals surface area (Å²) in [6, 6.07) is 11.1. The summed E-state index contributed by atoms with van der Waals surface area (Å²) in [5, 5.41) is 0. The number of amides is 2. The average Bonchev–Trinajstić information content (AvgIpc) is 3.07. The van der Waals surface area contributed by atoms with E-state index in [4.69, 9.17) is 0 Å². The molecule has 2 aliphatic heterocycles. The molecule has 0 bridgehead atoms. The topological polar surface area (TPSA) is 95.1 Å². The smallest absolute Gasteiger partial charge is 0.251 e. The zero-order valence-corrected chi connectivity index (χ0v) is 19.8. The van der Waals surface area contributed by atoms with Crippen LogP contribution in [0.1, 0.15) is 34.8 Å². The van der Waals surface area contributed by atoms with Crippen molar-refractivity contribution < 1.29 is 22.8 Å². The minimum absolute atomic E-state index is 0.0527. The van der Waals surface area contributed by atoms with Crippen molar-refractivity contribution in [1.82, 2.24) is 9.21 Å². The molecule has 2 aromatic rings. The van der Waals surface area contributed by atoms with E-state index in [0.717, 1.165) is 10.5 Å². The largest absolute Gasteiger partial charge is 0.295 e. The number of rotatable bonds is 5. The summed E-state index contributed by atoms with van der Waals surface area (Å²) in [6.07, 6.45) is 0.0527. The van der Waals surface area contributed by atoms with E-state index in [-0.39, 0.29) is 37.1 Å². The van der Waals surface area contributed by atoms with Crippen LogP contribution in [0.4, 0.5) is 5.69 Å². The third-order valence-corrected chi connectivity index (χ3v) is 8.38. The number of aryl methyl sites for hydroxylation is 2. The zero-order chi connectivity index (χ0) is 23.9. The Hall–Kier alpha value is -2.88. The van der Waals surface area contributed by atoms with Crippen molar-refractivity contribution in [2.45, 2.75) is 38.1 Å². The molecule has 0 spiro atoms. The Morgan fingerprint density at radius 2 is 1.58 bits per heavy atom. The highest BCUT2D eigenvalue weighted by molar-refractivity contribution is 7.89. The average molecular weight is 470 g/mol. The van der Waals surface area contributed by atoms with Crippen LogP contribution in [0.5, 0.6) is 0 Å². The minimum Gasteiger partial charge on any atom is -0.295 e. The fourth-order valence-corrected chi connectivity index (χ4v) is 6.13. The summed E-state index contributed by atoms with van der Waals surface area (Å²) < 4.78 is 27.7. The molecule has 2 aromatic carbocycles. The number of carbonyl (C=O) groups excluding carboxylic acids is 3. The number of benzene rings is 2. The molecule has 2 heterocycles. The normalized spacial score (nSPS) is 20.5. The Bertz CT molecular complexity index is 1220. The first kappa shape index (κ1) is 23.3. The maximum Gasteiger partial charge on any atom is 0.251 e. The molecule has 1 atom stereocenters. The molecule has 2 amide bonds. The highest BCUT2D eigenvalue weighted by Gasteiger charge is 2.44. The van der Waals surface area contributed by atoms with Gasteiger partial charge < -0.3 is 0 Å². The molecule has 4 rings (SSSR count). The quantitative estimate of drug-likeness (QED) is 0.492. The van der Waals surface area contributed by atoms with Gasteiger partial charge in [0.1, 0.15) is 0 Å². The number of carbonyl (C=O) groups is 3. The van der Waals surface area contributed by atoms with Gasteiger partial charge in [0.2, 0.25) is 15.9 Å². The fourth-order valence-electron chi connectivity index (χ4n) is 4.50. The van der Waals surface area contributed by atoms with Crippen molar-refractivity contribution in [1.29, 1.82) is 0 Å². The predicted molar refractivity (Wildman–Crippen MR) is 124 cm³/mol. The second-order valence-electron chi connectivity index (χ2n) is 8.60. The van der Waals surface area contributed by atoms with Crippen LogP contribution in [0, 0.1) is 13.8 Å². The lowest BCUT2D eigenvalue weighted by atomic mass is 10.1. The van der Waals surface area contributed by atoms with Crippen LogP contribution < -0.4 is 4.90 Å². The molecule has 33 heavy (non-hydrogen) atoms. The first-order valence-corrected chi connectivity index (χ1v) is 12.3. The molecule has 0 unspecified atom stereocenters. The van der Waals surface area contributed by atoms with Crippen LogP contribution in [0.2, 0.25) is 0 Å². The second kappa shape index (κ2) is 8.81. The third-order valence-electron chi connectivity index (χ3n) is 6.32. The molecule has 8 nitrogen and oxygen atoms in total. The van der Waals surface area contributed by atoms with Gasteiger partial charge in [-0.1, -0.05) is 17.7 Å². The lowest BCUT2D eigenvalue weighted by molar-refractivity contribution is -0.123. The Balaban J connectivity index is 1.45. The molecule has 0 aliphatic carbocycles. The predicted octanol–water partition coefficient (Wildman–Crippen LogP) is 2.14. The van der Waals surface area contributed by atoms with Gasteiger partial charge in [0.05, 0.1) is 23.0 Å². The van der Waals surface area contributed by atoms with Gasteiger partial charge in [0.25, 0.3) is 5.91 Å². The number of nitrogens with zero attached hydrogens (tertiary/aromatic N) is 3. The molecule has 0 N–H and O–H groups in total. The van der Waals surface area contributed by atoms with Gasteiger partial charge >= 0.3 is 0 Å². The van der Waals surface area contributed by atoms with E-state index in [1.54, 1.807) is 43.3 Å². The number of hydrogen-bond donors (Lipinski definition) is 0. The maximum atomic E-state index is 13.1. The summed E-state index contributed by atoms with van der Waals surface area (Å²) in [7, 11) is -3.63. The zero-order valence-electron chi connectivity index (χ0n) is 18.9. The Labute approximate surface area is 193 Å². The van der Waals surface area contributed by atoms with Crippen LogP contribution in [0.3, 0.4) is 0 Å². The summed E-state index contributed by atoms with van der Waals surface area (Å²) in [6.45, 7) is 6.40. The van der Waals surface area contributed by atoms with Crippen molar-refractivity contribution >= 4 is 33.3 Å². The van der Waals surface area contributed by atoms with Crippen LogP contribution in [-0.4, -0.2) is 67.4 Å². The number of hydrogen-bond acceptors (Lipinski definition) is 6. The van der Waals surface area contributed by atoms with Gasteiger partial charge in [-0.2, -0.15) is 4.31 Å². The first-order chi connectivity index (χ1) is 15.6. The molecule has 2 fully saturated rings. The van der Waals surface area contributed by atoms with Gasteiger partial charge in [0.15, 0.2) is 5.78 Å². The number of ketones is 1. The SMILES string of the molecule is CC(=O)c1ccc(N2C(=O)C[C@@H](N3CCN(S(=O)(=O)c4ccc(C)cc4C)CC3)C2=O)cc1. The fraction of sp³-hybridized carbons (Fsp3) is 0.375. The minimum atomic E-state index is -3.63. The Morgan fingerprint density at radius 1 is 0.939 bits per heavy atom. The van der Waals surface area contributed by atoms with Gasteiger partial charge in [-0.05, 0) is 56.7 Å². The highest BCUT2D eigenvalue weighted by atomic mass is 32.2. The van der Waals surface area contributed by atoms with Crippen molar-refractivity contribution in [3.05, 3.63) is 59.2 Å². The summed E-state index contributed by atoms with van der Waals surface area (Å²) in [5.41, 5.74) is 2.66. The van der Waals surface area contributed by atoms with Crippen LogP contribution in [0.15, 0.2) is 47.4 Å². The molecule has 174 valence electrons. The number of imide groups is 1. The lowest BCUT2D eigenvalue weighted by Crippen LogP contribution is -2.53. The van der Waals surface area contributed by atoms with E-state index in [1.165, 1.54) is 11.2 Å². The molecule has 2 saturated heterocycles. The van der Waals surface area contributed by atoms with Gasteiger partial charge in [-0.15, -0.1) is 0 Å². The summed E-state index contributed by atoms with van der Waals surface area (Å²) in [4.78, 5) is 40.5. The number of Topliss-reactive ketones (excluding diaryl/α,β-unsaturated/α-hetero) is 1. The number of sulfonamides is 1. The van der Waals surface area contributed by atoms with E-state index < -0.39 is 16.1 Å². The lowest BCUT2D eigenvalue weighted by Gasteiger charge is -2.36. The first-order valence-electron chi connectivity index (χ1n) is 10.9. The molecule has 9 heteroatoms. The Morgan fingerprint density at radius 3 is 2.15 bits per heavy atom. The molecular formula is C24H27N3O5S. The Kier molecular flexibility index (Phi) is 6.22. The van der Waals surface area contributed by atoms with E-state index in [2.05, 4.69) is 0 Å². The second-order valence-corrected chi connectivity index (χ2v) is 10.5. The molecular weight excluding hydrogens is 442 g/mol. The monoisotopic (exact) mass is 469 g/mol. The molecule has 0 aromatic heterocycles.